The molecule has 13 nitrogen and oxygen atoms in total. The number of para-hydroxylation sites is 1. The van der Waals surface area contributed by atoms with Gasteiger partial charge in [0.25, 0.3) is 5.91 Å². The van der Waals surface area contributed by atoms with Crippen molar-refractivity contribution >= 4 is 34.7 Å². The highest BCUT2D eigenvalue weighted by atomic mass is 16.3. The number of hydrogen-bond donors (Lipinski definition) is 3. The van der Waals surface area contributed by atoms with E-state index < -0.39 is 0 Å². The monoisotopic (exact) mass is 608 g/mol. The lowest BCUT2D eigenvalue weighted by atomic mass is 9.91. The first-order valence-corrected chi connectivity index (χ1v) is 15.8. The van der Waals surface area contributed by atoms with Gasteiger partial charge in [-0.25, -0.2) is 4.98 Å². The Kier molecular flexibility index (Phi) is 6.77. The molecule has 4 aliphatic rings. The van der Waals surface area contributed by atoms with E-state index in [0.717, 1.165) is 73.6 Å². The summed E-state index contributed by atoms with van der Waals surface area (Å²) in [6.45, 7) is 4.65. The number of carbonyl (C=O) groups excluding carboxylic acids is 2. The van der Waals surface area contributed by atoms with Gasteiger partial charge >= 0.3 is 0 Å². The molecule has 232 valence electrons. The molecule has 3 fully saturated rings. The summed E-state index contributed by atoms with van der Waals surface area (Å²) >= 11 is 0. The summed E-state index contributed by atoms with van der Waals surface area (Å²) in [4.78, 5) is 34.6. The summed E-state index contributed by atoms with van der Waals surface area (Å²) < 4.78 is 7.64. The first kappa shape index (κ1) is 27.7. The molecular formula is C32H36N10O3. The van der Waals surface area contributed by atoms with Crippen molar-refractivity contribution < 1.29 is 14.0 Å². The zero-order valence-corrected chi connectivity index (χ0v) is 25.4. The molecule has 2 saturated carbocycles. The predicted molar refractivity (Wildman–Crippen MR) is 167 cm³/mol. The largest absolute Gasteiger partial charge is 0.448 e. The average Bonchev–Trinajstić information content (AvgIpc) is 3.93. The zero-order chi connectivity index (χ0) is 30.7. The molecule has 45 heavy (non-hydrogen) atoms. The molecule has 8 rings (SSSR count). The van der Waals surface area contributed by atoms with Crippen LogP contribution in [-0.2, 0) is 11.3 Å². The number of amides is 2. The number of nitrogens with zero attached hydrogens (tertiary/aromatic N) is 7. The lowest BCUT2D eigenvalue weighted by molar-refractivity contribution is -0.117. The van der Waals surface area contributed by atoms with E-state index in [4.69, 9.17) is 9.52 Å². The van der Waals surface area contributed by atoms with Gasteiger partial charge in [-0.2, -0.15) is 5.10 Å². The maximum Gasteiger partial charge on any atom is 0.274 e. The quantitative estimate of drug-likeness (QED) is 0.239. The minimum atomic E-state index is -0.280. The number of fused-ring (bicyclic) bond motifs is 3. The van der Waals surface area contributed by atoms with Gasteiger partial charge in [0, 0.05) is 49.3 Å². The maximum absolute atomic E-state index is 13.2. The number of oxazole rings is 1. The van der Waals surface area contributed by atoms with Crippen LogP contribution in [0.2, 0.25) is 0 Å². The molecule has 3 N–H and O–H groups in total. The molecular weight excluding hydrogens is 572 g/mol. The molecule has 1 aromatic carbocycles. The highest BCUT2D eigenvalue weighted by Crippen LogP contribution is 2.50. The molecule has 2 aliphatic heterocycles. The number of anilines is 4. The van der Waals surface area contributed by atoms with E-state index in [1.54, 1.807) is 18.5 Å². The molecule has 3 aromatic heterocycles. The summed E-state index contributed by atoms with van der Waals surface area (Å²) in [5, 5.41) is 22.8. The highest BCUT2D eigenvalue weighted by molar-refractivity contribution is 6.01. The third-order valence-corrected chi connectivity index (χ3v) is 9.20. The summed E-state index contributed by atoms with van der Waals surface area (Å²) in [5.41, 5.74) is 5.93. The van der Waals surface area contributed by atoms with Crippen LogP contribution in [0.15, 0.2) is 47.3 Å². The average molecular weight is 609 g/mol. The number of nitrogens with one attached hydrogen (secondary N) is 3. The normalized spacial score (nSPS) is 19.4. The molecule has 1 saturated heterocycles. The molecule has 1 atom stereocenters. The van der Waals surface area contributed by atoms with Gasteiger partial charge in [0.15, 0.2) is 11.5 Å². The van der Waals surface area contributed by atoms with Gasteiger partial charge in [-0.15, -0.1) is 10.2 Å². The van der Waals surface area contributed by atoms with Crippen LogP contribution < -0.4 is 20.9 Å². The highest BCUT2D eigenvalue weighted by Gasteiger charge is 2.38. The second-order valence-electron chi connectivity index (χ2n) is 12.5. The Balaban J connectivity index is 1.11. The van der Waals surface area contributed by atoms with Gasteiger partial charge < -0.3 is 25.3 Å². The maximum atomic E-state index is 13.2. The van der Waals surface area contributed by atoms with Gasteiger partial charge in [0.05, 0.1) is 53.8 Å². The standard InChI is InChI=1S/C32H36N10O3/c1-3-25-30-22(14-34-42(30)20-15-41(16-20)17-27-33-11-12-45-27)21-5-4-6-23(29(21)40(25)2)36-24-13-26(37-31(43)18-7-8-18)38-39-28(24)32(44)35-19-9-10-19/h4-6,11-14,18-20,25H,3,7-10,15-17H2,1-2H3,(H,35,44)(H2,36,37,38,43)/t25-/m1/s1. The van der Waals surface area contributed by atoms with E-state index in [-0.39, 0.29) is 41.6 Å². The van der Waals surface area contributed by atoms with E-state index in [1.807, 2.05) is 18.3 Å². The molecule has 0 spiro atoms. The second kappa shape index (κ2) is 11.0. The van der Waals surface area contributed by atoms with Crippen LogP contribution in [-0.4, -0.2) is 67.9 Å². The van der Waals surface area contributed by atoms with Crippen molar-refractivity contribution in [2.75, 3.05) is 35.7 Å². The third kappa shape index (κ3) is 5.20. The number of aromatic nitrogens is 5. The minimum absolute atomic E-state index is 0.0213. The zero-order valence-electron chi connectivity index (χ0n) is 25.4. The van der Waals surface area contributed by atoms with E-state index in [2.05, 4.69) is 65.7 Å². The lowest BCUT2D eigenvalue weighted by Gasteiger charge is -2.42. The van der Waals surface area contributed by atoms with E-state index in [1.165, 1.54) is 5.69 Å². The molecule has 0 bridgehead atoms. The molecule has 13 heteroatoms. The van der Waals surface area contributed by atoms with Crippen LogP contribution >= 0.6 is 0 Å². The number of carbonyl (C=O) groups is 2. The molecule has 0 unspecified atom stereocenters. The van der Waals surface area contributed by atoms with Crippen molar-refractivity contribution in [1.29, 1.82) is 0 Å². The van der Waals surface area contributed by atoms with E-state index >= 15 is 0 Å². The number of hydrogen-bond acceptors (Lipinski definition) is 10. The van der Waals surface area contributed by atoms with Crippen LogP contribution in [0.4, 0.5) is 22.9 Å². The fourth-order valence-corrected chi connectivity index (χ4v) is 6.52. The van der Waals surface area contributed by atoms with Crippen molar-refractivity contribution in [3.05, 3.63) is 60.2 Å². The summed E-state index contributed by atoms with van der Waals surface area (Å²) in [7, 11) is 2.11. The Labute approximate surface area is 260 Å². The van der Waals surface area contributed by atoms with Gasteiger partial charge in [0.2, 0.25) is 11.8 Å². The fraction of sp³-hybridized carbons (Fsp3) is 0.438. The fourth-order valence-electron chi connectivity index (χ4n) is 6.52. The summed E-state index contributed by atoms with van der Waals surface area (Å²) in [5.74, 6) is 0.727. The van der Waals surface area contributed by atoms with Crippen LogP contribution in [0.3, 0.4) is 0 Å². The van der Waals surface area contributed by atoms with Crippen molar-refractivity contribution in [2.24, 2.45) is 5.92 Å². The van der Waals surface area contributed by atoms with Crippen LogP contribution in [0.5, 0.6) is 0 Å². The summed E-state index contributed by atoms with van der Waals surface area (Å²) in [6.07, 6.45) is 9.85. The predicted octanol–water partition coefficient (Wildman–Crippen LogP) is 4.27. The van der Waals surface area contributed by atoms with Crippen LogP contribution in [0, 0.1) is 5.92 Å². The molecule has 5 heterocycles. The smallest absolute Gasteiger partial charge is 0.274 e. The van der Waals surface area contributed by atoms with Crippen LogP contribution in [0.25, 0.3) is 11.1 Å². The van der Waals surface area contributed by atoms with Gasteiger partial charge in [0.1, 0.15) is 6.26 Å². The van der Waals surface area contributed by atoms with Gasteiger partial charge in [-0.1, -0.05) is 19.1 Å². The third-order valence-electron chi connectivity index (χ3n) is 9.20. The second-order valence-corrected chi connectivity index (χ2v) is 12.5. The minimum Gasteiger partial charge on any atom is -0.448 e. The molecule has 2 aliphatic carbocycles. The Morgan fingerprint density at radius 2 is 1.91 bits per heavy atom. The molecule has 4 aromatic rings. The van der Waals surface area contributed by atoms with Gasteiger partial charge in [-0.3, -0.25) is 19.2 Å². The molecule has 0 radical (unpaired) electrons. The first-order chi connectivity index (χ1) is 22.0. The first-order valence-electron chi connectivity index (χ1n) is 15.8. The Bertz CT molecular complexity index is 1750. The number of benzene rings is 1. The van der Waals surface area contributed by atoms with E-state index in [9.17, 15) is 9.59 Å². The van der Waals surface area contributed by atoms with Crippen molar-refractivity contribution in [2.45, 2.75) is 63.7 Å². The lowest BCUT2D eigenvalue weighted by Crippen LogP contribution is -2.48. The van der Waals surface area contributed by atoms with Crippen molar-refractivity contribution in [3.8, 4) is 11.1 Å². The van der Waals surface area contributed by atoms with Crippen molar-refractivity contribution in [3.63, 3.8) is 0 Å². The Morgan fingerprint density at radius 1 is 1.07 bits per heavy atom. The van der Waals surface area contributed by atoms with E-state index in [0.29, 0.717) is 18.1 Å². The Morgan fingerprint density at radius 3 is 2.64 bits per heavy atom. The van der Waals surface area contributed by atoms with Gasteiger partial charge in [-0.05, 0) is 38.2 Å². The van der Waals surface area contributed by atoms with Crippen molar-refractivity contribution in [1.82, 2.24) is 35.2 Å². The summed E-state index contributed by atoms with van der Waals surface area (Å²) in [6, 6.07) is 8.39. The number of likely N-dealkylation sites (tertiary alicyclic amines) is 1. The Hall–Kier alpha value is -4.78. The topological polar surface area (TPSA) is 146 Å². The van der Waals surface area contributed by atoms with Crippen LogP contribution in [0.1, 0.15) is 73.2 Å². The SMILES string of the molecule is CC[C@@H]1c2c(cnn2C2CN(Cc3ncco3)C2)-c2cccc(Nc3cc(NC(=O)C4CC4)nnc3C(=O)NC3CC3)c2N1C. The number of rotatable bonds is 10. The molecule has 2 amide bonds.